The summed E-state index contributed by atoms with van der Waals surface area (Å²) >= 11 is 0. The first kappa shape index (κ1) is 15.2. The molecule has 1 atom stereocenters. The van der Waals surface area contributed by atoms with Crippen molar-refractivity contribution < 1.29 is 24.2 Å². The molecule has 1 amide bonds. The predicted octanol–water partition coefficient (Wildman–Crippen LogP) is 1.37. The number of nitrogens with one attached hydrogen (secondary N) is 1. The van der Waals surface area contributed by atoms with Crippen LogP contribution in [0.2, 0.25) is 0 Å². The third-order valence-electron chi connectivity index (χ3n) is 3.17. The number of ether oxygens (including phenoxy) is 2. The van der Waals surface area contributed by atoms with Crippen LogP contribution >= 0.6 is 0 Å². The molecule has 2 rings (SSSR count). The number of rotatable bonds is 6. The van der Waals surface area contributed by atoms with Gasteiger partial charge in [0.2, 0.25) is 5.91 Å². The van der Waals surface area contributed by atoms with Crippen molar-refractivity contribution in [3.8, 4) is 11.5 Å². The number of fused-ring (bicyclic) bond motifs is 1. The standard InChI is InChI=1S/C15H19NO5/c1-10(2-5-15(18)19)16-14(17)9-11-3-4-12-13(8-11)21-7-6-20-12/h3-4,8,10H,2,5-7,9H2,1H3,(H,16,17)(H,18,19). The van der Waals surface area contributed by atoms with E-state index in [2.05, 4.69) is 5.32 Å². The molecule has 1 aromatic carbocycles. The minimum absolute atomic E-state index is 0.0471. The van der Waals surface area contributed by atoms with Gasteiger partial charge in [0.1, 0.15) is 13.2 Å². The molecule has 1 aliphatic rings. The van der Waals surface area contributed by atoms with Crippen molar-refractivity contribution in [2.45, 2.75) is 32.2 Å². The molecule has 1 heterocycles. The minimum atomic E-state index is -0.858. The van der Waals surface area contributed by atoms with Crippen molar-refractivity contribution in [3.63, 3.8) is 0 Å². The zero-order valence-electron chi connectivity index (χ0n) is 11.9. The second-order valence-electron chi connectivity index (χ2n) is 5.06. The van der Waals surface area contributed by atoms with Gasteiger partial charge in [-0.1, -0.05) is 6.07 Å². The van der Waals surface area contributed by atoms with Crippen LogP contribution in [-0.2, 0) is 16.0 Å². The van der Waals surface area contributed by atoms with Crippen LogP contribution in [0, 0.1) is 0 Å². The van der Waals surface area contributed by atoms with Gasteiger partial charge in [-0.15, -0.1) is 0 Å². The average molecular weight is 293 g/mol. The quantitative estimate of drug-likeness (QED) is 0.827. The summed E-state index contributed by atoms with van der Waals surface area (Å²) in [5, 5.41) is 11.4. The Labute approximate surface area is 123 Å². The lowest BCUT2D eigenvalue weighted by Gasteiger charge is -2.19. The van der Waals surface area contributed by atoms with E-state index in [4.69, 9.17) is 14.6 Å². The van der Waals surface area contributed by atoms with Gasteiger partial charge >= 0.3 is 5.97 Å². The van der Waals surface area contributed by atoms with Gasteiger partial charge in [-0.3, -0.25) is 9.59 Å². The summed E-state index contributed by atoms with van der Waals surface area (Å²) in [6, 6.07) is 5.27. The topological polar surface area (TPSA) is 84.9 Å². The molecule has 0 saturated heterocycles. The number of carbonyl (C=O) groups is 2. The van der Waals surface area contributed by atoms with E-state index in [1.54, 1.807) is 19.1 Å². The highest BCUT2D eigenvalue weighted by Gasteiger charge is 2.14. The summed E-state index contributed by atoms with van der Waals surface area (Å²) in [7, 11) is 0. The Bertz CT molecular complexity index is 529. The maximum Gasteiger partial charge on any atom is 0.303 e. The van der Waals surface area contributed by atoms with Crippen LogP contribution < -0.4 is 14.8 Å². The first-order valence-corrected chi connectivity index (χ1v) is 6.94. The summed E-state index contributed by atoms with van der Waals surface area (Å²) in [5.41, 5.74) is 0.835. The third-order valence-corrected chi connectivity index (χ3v) is 3.17. The van der Waals surface area contributed by atoms with Crippen LogP contribution in [0.3, 0.4) is 0 Å². The van der Waals surface area contributed by atoms with Gasteiger partial charge in [0, 0.05) is 12.5 Å². The minimum Gasteiger partial charge on any atom is -0.486 e. The normalized spacial score (nSPS) is 14.3. The second-order valence-corrected chi connectivity index (χ2v) is 5.06. The van der Waals surface area contributed by atoms with Crippen LogP contribution in [0.4, 0.5) is 0 Å². The number of hydrogen-bond acceptors (Lipinski definition) is 4. The lowest BCUT2D eigenvalue weighted by molar-refractivity contribution is -0.137. The van der Waals surface area contributed by atoms with E-state index in [1.165, 1.54) is 0 Å². The first-order valence-electron chi connectivity index (χ1n) is 6.94. The Kier molecular flexibility index (Phi) is 5.03. The van der Waals surface area contributed by atoms with Crippen LogP contribution in [0.25, 0.3) is 0 Å². The maximum absolute atomic E-state index is 11.9. The second kappa shape index (κ2) is 6.97. The van der Waals surface area contributed by atoms with Crippen LogP contribution in [-0.4, -0.2) is 36.2 Å². The fourth-order valence-electron chi connectivity index (χ4n) is 2.12. The number of benzene rings is 1. The zero-order valence-corrected chi connectivity index (χ0v) is 11.9. The maximum atomic E-state index is 11.9. The summed E-state index contributed by atoms with van der Waals surface area (Å²) in [4.78, 5) is 22.4. The van der Waals surface area contributed by atoms with Crippen LogP contribution in [0.5, 0.6) is 11.5 Å². The molecule has 0 saturated carbocycles. The number of hydrogen-bond donors (Lipinski definition) is 2. The van der Waals surface area contributed by atoms with Gasteiger partial charge in [-0.25, -0.2) is 0 Å². The Morgan fingerprint density at radius 1 is 1.29 bits per heavy atom. The van der Waals surface area contributed by atoms with Gasteiger partial charge in [-0.2, -0.15) is 0 Å². The molecule has 114 valence electrons. The van der Waals surface area contributed by atoms with Crippen molar-refractivity contribution in [2.24, 2.45) is 0 Å². The smallest absolute Gasteiger partial charge is 0.303 e. The molecule has 1 unspecified atom stereocenters. The molecular weight excluding hydrogens is 274 g/mol. The van der Waals surface area contributed by atoms with Crippen molar-refractivity contribution in [2.75, 3.05) is 13.2 Å². The summed E-state index contributed by atoms with van der Waals surface area (Å²) < 4.78 is 10.9. The van der Waals surface area contributed by atoms with Gasteiger partial charge in [0.05, 0.1) is 6.42 Å². The molecule has 21 heavy (non-hydrogen) atoms. The molecule has 1 aliphatic heterocycles. The molecule has 2 N–H and O–H groups in total. The number of carboxylic acids is 1. The van der Waals surface area contributed by atoms with Crippen molar-refractivity contribution >= 4 is 11.9 Å². The van der Waals surface area contributed by atoms with E-state index in [-0.39, 0.29) is 24.8 Å². The van der Waals surface area contributed by atoms with Crippen molar-refractivity contribution in [1.29, 1.82) is 0 Å². The molecule has 0 fully saturated rings. The highest BCUT2D eigenvalue weighted by molar-refractivity contribution is 5.79. The Balaban J connectivity index is 1.86. The van der Waals surface area contributed by atoms with E-state index in [1.807, 2.05) is 6.07 Å². The molecule has 6 nitrogen and oxygen atoms in total. The summed E-state index contributed by atoms with van der Waals surface area (Å²) in [5.74, 6) is 0.359. The number of aliphatic carboxylic acids is 1. The molecule has 0 bridgehead atoms. The lowest BCUT2D eigenvalue weighted by atomic mass is 10.1. The van der Waals surface area contributed by atoms with E-state index >= 15 is 0 Å². The van der Waals surface area contributed by atoms with E-state index in [0.29, 0.717) is 31.1 Å². The van der Waals surface area contributed by atoms with E-state index in [9.17, 15) is 9.59 Å². The molecule has 0 aliphatic carbocycles. The van der Waals surface area contributed by atoms with Crippen molar-refractivity contribution in [3.05, 3.63) is 23.8 Å². The molecular formula is C15H19NO5. The molecule has 1 aromatic rings. The third kappa shape index (κ3) is 4.66. The molecule has 6 heteroatoms. The SMILES string of the molecule is CC(CCC(=O)O)NC(=O)Cc1ccc2c(c1)OCCO2. The molecule has 0 aromatic heterocycles. The van der Waals surface area contributed by atoms with Crippen LogP contribution in [0.1, 0.15) is 25.3 Å². The monoisotopic (exact) mass is 293 g/mol. The predicted molar refractivity (Wildman–Crippen MR) is 75.6 cm³/mol. The Hall–Kier alpha value is -2.24. The fraction of sp³-hybridized carbons (Fsp3) is 0.467. The zero-order chi connectivity index (χ0) is 15.2. The van der Waals surface area contributed by atoms with E-state index in [0.717, 1.165) is 5.56 Å². The summed E-state index contributed by atoms with van der Waals surface area (Å²) in [6.07, 6.45) is 0.696. The lowest BCUT2D eigenvalue weighted by Crippen LogP contribution is -2.34. The molecule has 0 radical (unpaired) electrons. The largest absolute Gasteiger partial charge is 0.486 e. The van der Waals surface area contributed by atoms with Gasteiger partial charge < -0.3 is 19.9 Å². The average Bonchev–Trinajstić information content (AvgIpc) is 2.45. The first-order chi connectivity index (χ1) is 10.0. The Morgan fingerprint density at radius 2 is 2.00 bits per heavy atom. The van der Waals surface area contributed by atoms with E-state index < -0.39 is 5.97 Å². The molecule has 0 spiro atoms. The summed E-state index contributed by atoms with van der Waals surface area (Å²) in [6.45, 7) is 2.84. The van der Waals surface area contributed by atoms with Gasteiger partial charge in [0.15, 0.2) is 11.5 Å². The number of amides is 1. The van der Waals surface area contributed by atoms with Gasteiger partial charge in [0.25, 0.3) is 0 Å². The number of carboxylic acid groups (broad SMARTS) is 1. The van der Waals surface area contributed by atoms with Crippen molar-refractivity contribution in [1.82, 2.24) is 5.32 Å². The highest BCUT2D eigenvalue weighted by atomic mass is 16.6. The Morgan fingerprint density at radius 3 is 2.71 bits per heavy atom. The number of carbonyl (C=O) groups excluding carboxylic acids is 1. The highest BCUT2D eigenvalue weighted by Crippen LogP contribution is 2.30. The van der Waals surface area contributed by atoms with Gasteiger partial charge in [-0.05, 0) is 31.0 Å². The van der Waals surface area contributed by atoms with Crippen LogP contribution in [0.15, 0.2) is 18.2 Å². The fourth-order valence-corrected chi connectivity index (χ4v) is 2.12.